The Kier molecular flexibility index (Phi) is 3.30. The average Bonchev–Trinajstić information content (AvgIpc) is 2.14. The molecule has 0 unspecified atom stereocenters. The molecule has 0 heterocycles. The number of sulfone groups is 1. The van der Waals surface area contributed by atoms with Crippen molar-refractivity contribution >= 4 is 9.84 Å². The van der Waals surface area contributed by atoms with Crippen LogP contribution in [0.3, 0.4) is 0 Å². The Labute approximate surface area is 96.3 Å². The SMILES string of the molecule is COc1ccc(C(C)(C)N)cc1S(C)(=O)=O. The second-order valence-corrected chi connectivity index (χ2v) is 6.34. The fourth-order valence-electron chi connectivity index (χ4n) is 1.37. The molecular formula is C11H17NO3S. The molecule has 2 N–H and O–H groups in total. The Bertz CT molecular complexity index is 486. The molecule has 16 heavy (non-hydrogen) atoms. The standard InChI is InChI=1S/C11H17NO3S/c1-11(2,12)8-5-6-9(15-3)10(7-8)16(4,13)14/h5-7H,12H2,1-4H3. The summed E-state index contributed by atoms with van der Waals surface area (Å²) in [6, 6.07) is 4.96. The summed E-state index contributed by atoms with van der Waals surface area (Å²) in [7, 11) is -1.87. The van der Waals surface area contributed by atoms with Crippen LogP contribution in [0.2, 0.25) is 0 Å². The molecule has 1 aromatic rings. The number of rotatable bonds is 3. The highest BCUT2D eigenvalue weighted by atomic mass is 32.2. The van der Waals surface area contributed by atoms with Gasteiger partial charge in [0, 0.05) is 11.8 Å². The van der Waals surface area contributed by atoms with E-state index in [4.69, 9.17) is 10.5 Å². The highest BCUT2D eigenvalue weighted by Crippen LogP contribution is 2.28. The van der Waals surface area contributed by atoms with Crippen LogP contribution < -0.4 is 10.5 Å². The van der Waals surface area contributed by atoms with Crippen molar-refractivity contribution in [2.45, 2.75) is 24.3 Å². The molecule has 0 radical (unpaired) electrons. The minimum Gasteiger partial charge on any atom is -0.495 e. The van der Waals surface area contributed by atoms with E-state index in [1.165, 1.54) is 7.11 Å². The predicted octanol–water partition coefficient (Wildman–Crippen LogP) is 1.29. The average molecular weight is 243 g/mol. The third-order valence-electron chi connectivity index (χ3n) is 2.31. The monoisotopic (exact) mass is 243 g/mol. The Balaban J connectivity index is 3.46. The number of methoxy groups -OCH3 is 1. The van der Waals surface area contributed by atoms with Gasteiger partial charge in [-0.1, -0.05) is 6.07 Å². The third-order valence-corrected chi connectivity index (χ3v) is 3.43. The van der Waals surface area contributed by atoms with Gasteiger partial charge in [-0.15, -0.1) is 0 Å². The van der Waals surface area contributed by atoms with Crippen molar-refractivity contribution in [1.82, 2.24) is 0 Å². The summed E-state index contributed by atoms with van der Waals surface area (Å²) < 4.78 is 28.2. The first-order valence-electron chi connectivity index (χ1n) is 4.83. The van der Waals surface area contributed by atoms with Gasteiger partial charge in [0.25, 0.3) is 0 Å². The van der Waals surface area contributed by atoms with E-state index in [2.05, 4.69) is 0 Å². The van der Waals surface area contributed by atoms with Gasteiger partial charge in [0.2, 0.25) is 0 Å². The van der Waals surface area contributed by atoms with E-state index in [-0.39, 0.29) is 4.90 Å². The molecule has 0 aliphatic heterocycles. The Morgan fingerprint density at radius 2 is 1.88 bits per heavy atom. The number of benzene rings is 1. The smallest absolute Gasteiger partial charge is 0.179 e. The van der Waals surface area contributed by atoms with Crippen molar-refractivity contribution in [3.63, 3.8) is 0 Å². The van der Waals surface area contributed by atoms with Crippen LogP contribution in [0.5, 0.6) is 5.75 Å². The molecule has 0 aliphatic rings. The molecule has 0 aromatic heterocycles. The van der Waals surface area contributed by atoms with Crippen LogP contribution in [0.15, 0.2) is 23.1 Å². The normalized spacial score (nSPS) is 12.6. The lowest BCUT2D eigenvalue weighted by Gasteiger charge is -2.20. The van der Waals surface area contributed by atoms with Gasteiger partial charge in [-0.25, -0.2) is 8.42 Å². The lowest BCUT2D eigenvalue weighted by Crippen LogP contribution is -2.28. The lowest BCUT2D eigenvalue weighted by molar-refractivity contribution is 0.401. The molecule has 0 spiro atoms. The van der Waals surface area contributed by atoms with Crippen LogP contribution >= 0.6 is 0 Å². The van der Waals surface area contributed by atoms with E-state index in [0.29, 0.717) is 5.75 Å². The van der Waals surface area contributed by atoms with Gasteiger partial charge in [-0.3, -0.25) is 0 Å². The molecule has 0 atom stereocenters. The highest BCUT2D eigenvalue weighted by Gasteiger charge is 2.20. The van der Waals surface area contributed by atoms with Gasteiger partial charge in [0.15, 0.2) is 9.84 Å². The molecule has 0 aliphatic carbocycles. The van der Waals surface area contributed by atoms with Crippen LogP contribution in [0.25, 0.3) is 0 Å². The number of ether oxygens (including phenoxy) is 1. The van der Waals surface area contributed by atoms with Crippen LogP contribution in [0.4, 0.5) is 0 Å². The van der Waals surface area contributed by atoms with E-state index in [1.54, 1.807) is 18.2 Å². The van der Waals surface area contributed by atoms with Crippen LogP contribution in [0.1, 0.15) is 19.4 Å². The maximum atomic E-state index is 11.6. The lowest BCUT2D eigenvalue weighted by atomic mass is 9.96. The minimum atomic E-state index is -3.31. The van der Waals surface area contributed by atoms with Crippen molar-refractivity contribution in [2.24, 2.45) is 5.73 Å². The van der Waals surface area contributed by atoms with Gasteiger partial charge in [0.05, 0.1) is 7.11 Å². The third kappa shape index (κ3) is 2.74. The fraction of sp³-hybridized carbons (Fsp3) is 0.455. The van der Waals surface area contributed by atoms with E-state index in [0.717, 1.165) is 11.8 Å². The van der Waals surface area contributed by atoms with Crippen LogP contribution in [-0.2, 0) is 15.4 Å². The zero-order chi connectivity index (χ0) is 12.6. The molecule has 5 heteroatoms. The molecule has 4 nitrogen and oxygen atoms in total. The maximum Gasteiger partial charge on any atom is 0.179 e. The molecule has 0 amide bonds. The topological polar surface area (TPSA) is 69.4 Å². The molecular weight excluding hydrogens is 226 g/mol. The molecule has 0 bridgehead atoms. The quantitative estimate of drug-likeness (QED) is 0.868. The first-order valence-corrected chi connectivity index (χ1v) is 6.73. The van der Waals surface area contributed by atoms with E-state index >= 15 is 0 Å². The number of hydrogen-bond acceptors (Lipinski definition) is 4. The van der Waals surface area contributed by atoms with Crippen molar-refractivity contribution in [3.8, 4) is 5.75 Å². The summed E-state index contributed by atoms with van der Waals surface area (Å²) in [5.41, 5.74) is 6.11. The molecule has 0 saturated carbocycles. The first kappa shape index (κ1) is 13.0. The Morgan fingerprint density at radius 3 is 2.25 bits per heavy atom. The summed E-state index contributed by atoms with van der Waals surface area (Å²) in [6.07, 6.45) is 1.15. The highest BCUT2D eigenvalue weighted by molar-refractivity contribution is 7.90. The van der Waals surface area contributed by atoms with Gasteiger partial charge in [-0.05, 0) is 31.5 Å². The fourth-order valence-corrected chi connectivity index (χ4v) is 2.23. The summed E-state index contributed by atoms with van der Waals surface area (Å²) in [5.74, 6) is 0.343. The van der Waals surface area contributed by atoms with E-state index in [9.17, 15) is 8.42 Å². The number of nitrogens with two attached hydrogens (primary N) is 1. The van der Waals surface area contributed by atoms with Gasteiger partial charge in [0.1, 0.15) is 10.6 Å². The van der Waals surface area contributed by atoms with Crippen molar-refractivity contribution < 1.29 is 13.2 Å². The minimum absolute atomic E-state index is 0.172. The van der Waals surface area contributed by atoms with Gasteiger partial charge >= 0.3 is 0 Å². The Hall–Kier alpha value is -1.07. The summed E-state index contributed by atoms with van der Waals surface area (Å²) in [4.78, 5) is 0.172. The van der Waals surface area contributed by atoms with Gasteiger partial charge < -0.3 is 10.5 Å². The summed E-state index contributed by atoms with van der Waals surface area (Å²) in [6.45, 7) is 3.64. The van der Waals surface area contributed by atoms with E-state index in [1.807, 2.05) is 13.8 Å². The number of hydrogen-bond donors (Lipinski definition) is 1. The van der Waals surface area contributed by atoms with Gasteiger partial charge in [-0.2, -0.15) is 0 Å². The molecule has 90 valence electrons. The van der Waals surface area contributed by atoms with Crippen LogP contribution in [0, 0.1) is 0 Å². The van der Waals surface area contributed by atoms with Crippen molar-refractivity contribution in [1.29, 1.82) is 0 Å². The Morgan fingerprint density at radius 1 is 1.31 bits per heavy atom. The first-order chi connectivity index (χ1) is 7.16. The second-order valence-electron chi connectivity index (χ2n) is 4.36. The molecule has 1 rings (SSSR count). The summed E-state index contributed by atoms with van der Waals surface area (Å²) >= 11 is 0. The second kappa shape index (κ2) is 4.07. The summed E-state index contributed by atoms with van der Waals surface area (Å²) in [5, 5.41) is 0. The van der Waals surface area contributed by atoms with E-state index < -0.39 is 15.4 Å². The molecule has 1 aromatic carbocycles. The zero-order valence-electron chi connectivity index (χ0n) is 9.94. The van der Waals surface area contributed by atoms with Crippen molar-refractivity contribution in [3.05, 3.63) is 23.8 Å². The molecule has 0 fully saturated rings. The molecule has 0 saturated heterocycles. The zero-order valence-corrected chi connectivity index (χ0v) is 10.8. The maximum absolute atomic E-state index is 11.6. The van der Waals surface area contributed by atoms with Crippen LogP contribution in [-0.4, -0.2) is 21.8 Å². The largest absolute Gasteiger partial charge is 0.495 e. The predicted molar refractivity (Wildman–Crippen MR) is 63.3 cm³/mol. The van der Waals surface area contributed by atoms with Crippen molar-refractivity contribution in [2.75, 3.05) is 13.4 Å².